The molecule has 2 rings (SSSR count). The number of hydrogen-bond donors (Lipinski definition) is 1. The van der Waals surface area contributed by atoms with Crippen LogP contribution in [0.15, 0.2) is 0 Å². The van der Waals surface area contributed by atoms with Crippen molar-refractivity contribution in [1.29, 1.82) is 0 Å². The summed E-state index contributed by atoms with van der Waals surface area (Å²) in [6, 6.07) is 0. The van der Waals surface area contributed by atoms with Gasteiger partial charge in [-0.25, -0.2) is 0 Å². The van der Waals surface area contributed by atoms with Crippen LogP contribution >= 0.6 is 0 Å². The summed E-state index contributed by atoms with van der Waals surface area (Å²) in [5, 5.41) is 10.0. The minimum Gasteiger partial charge on any atom is -0.387 e. The van der Waals surface area contributed by atoms with Gasteiger partial charge in [0.1, 0.15) is 0 Å². The highest BCUT2D eigenvalue weighted by molar-refractivity contribution is 4.94. The molecule has 2 fully saturated rings. The Bertz CT molecular complexity index is 208. The normalized spacial score (nSPS) is 29.2. The molecule has 2 aliphatic rings. The average molecular weight is 227 g/mol. The van der Waals surface area contributed by atoms with Gasteiger partial charge in [0.15, 0.2) is 0 Å². The summed E-state index contributed by atoms with van der Waals surface area (Å²) in [6.45, 7) is 5.99. The van der Waals surface area contributed by atoms with Crippen LogP contribution in [-0.4, -0.2) is 48.0 Å². The fourth-order valence-corrected chi connectivity index (χ4v) is 2.98. The van der Waals surface area contributed by atoms with E-state index in [2.05, 4.69) is 11.8 Å². The van der Waals surface area contributed by atoms with Gasteiger partial charge in [-0.3, -0.25) is 4.90 Å². The molecule has 0 saturated carbocycles. The monoisotopic (exact) mass is 227 g/mol. The molecule has 0 bridgehead atoms. The number of β-amino-alcohol motifs (C(OH)–C–C–N with tert-alkyl or cyclic N) is 1. The van der Waals surface area contributed by atoms with Crippen LogP contribution in [-0.2, 0) is 4.74 Å². The highest BCUT2D eigenvalue weighted by Gasteiger charge is 2.39. The Kier molecular flexibility index (Phi) is 4.22. The largest absolute Gasteiger partial charge is 0.387 e. The van der Waals surface area contributed by atoms with Gasteiger partial charge in [-0.2, -0.15) is 0 Å². The smallest absolute Gasteiger partial charge is 0.0900 e. The Morgan fingerprint density at radius 3 is 2.88 bits per heavy atom. The Labute approximate surface area is 98.8 Å². The molecular weight excluding hydrogens is 202 g/mol. The van der Waals surface area contributed by atoms with E-state index in [1.54, 1.807) is 0 Å². The molecular formula is C13H25NO2. The van der Waals surface area contributed by atoms with Gasteiger partial charge in [-0.15, -0.1) is 0 Å². The second-order valence-corrected chi connectivity index (χ2v) is 5.46. The lowest BCUT2D eigenvalue weighted by atomic mass is 9.89. The molecule has 2 aliphatic heterocycles. The van der Waals surface area contributed by atoms with E-state index in [-0.39, 0.29) is 5.60 Å². The summed E-state index contributed by atoms with van der Waals surface area (Å²) in [7, 11) is 0. The third kappa shape index (κ3) is 3.19. The third-order valence-electron chi connectivity index (χ3n) is 3.78. The topological polar surface area (TPSA) is 32.7 Å². The minimum absolute atomic E-state index is 0.362. The van der Waals surface area contributed by atoms with Crippen molar-refractivity contribution in [1.82, 2.24) is 4.90 Å². The maximum Gasteiger partial charge on any atom is 0.0900 e. The van der Waals surface area contributed by atoms with E-state index in [0.717, 1.165) is 39.1 Å². The van der Waals surface area contributed by atoms with Crippen molar-refractivity contribution in [3.8, 4) is 0 Å². The van der Waals surface area contributed by atoms with E-state index in [9.17, 15) is 5.11 Å². The van der Waals surface area contributed by atoms with Gasteiger partial charge < -0.3 is 9.84 Å². The number of rotatable bonds is 6. The maximum atomic E-state index is 10.0. The van der Waals surface area contributed by atoms with E-state index in [0.29, 0.717) is 6.10 Å². The Morgan fingerprint density at radius 2 is 2.25 bits per heavy atom. The summed E-state index contributed by atoms with van der Waals surface area (Å²) in [4.78, 5) is 2.37. The van der Waals surface area contributed by atoms with Gasteiger partial charge in [-0.05, 0) is 38.6 Å². The van der Waals surface area contributed by atoms with Gasteiger partial charge in [0, 0.05) is 19.7 Å². The van der Waals surface area contributed by atoms with Crippen LogP contribution in [0.4, 0.5) is 0 Å². The fraction of sp³-hybridized carbons (Fsp3) is 1.00. The first kappa shape index (κ1) is 12.3. The van der Waals surface area contributed by atoms with Gasteiger partial charge in [0.05, 0.1) is 11.7 Å². The van der Waals surface area contributed by atoms with Crippen molar-refractivity contribution in [2.75, 3.05) is 26.2 Å². The molecule has 94 valence electrons. The molecule has 2 heterocycles. The summed E-state index contributed by atoms with van der Waals surface area (Å²) in [5.41, 5.74) is -0.362. The second kappa shape index (κ2) is 5.48. The predicted octanol–water partition coefficient (Wildman–Crippen LogP) is 1.79. The molecule has 0 aromatic heterocycles. The number of aliphatic hydroxyl groups is 1. The third-order valence-corrected chi connectivity index (χ3v) is 3.78. The summed E-state index contributed by atoms with van der Waals surface area (Å²) < 4.78 is 5.60. The van der Waals surface area contributed by atoms with Crippen molar-refractivity contribution in [3.63, 3.8) is 0 Å². The Balaban J connectivity index is 1.52. The van der Waals surface area contributed by atoms with E-state index >= 15 is 0 Å². The molecule has 0 spiro atoms. The summed E-state index contributed by atoms with van der Waals surface area (Å²) in [6.07, 6.45) is 7.46. The molecule has 1 N–H and O–H groups in total. The highest BCUT2D eigenvalue weighted by Crippen LogP contribution is 2.26. The van der Waals surface area contributed by atoms with Crippen LogP contribution in [0.25, 0.3) is 0 Å². The predicted molar refractivity (Wildman–Crippen MR) is 64.5 cm³/mol. The highest BCUT2D eigenvalue weighted by atomic mass is 16.5. The van der Waals surface area contributed by atoms with Crippen molar-refractivity contribution >= 4 is 0 Å². The zero-order valence-electron chi connectivity index (χ0n) is 10.5. The van der Waals surface area contributed by atoms with Crippen LogP contribution in [0.5, 0.6) is 0 Å². The lowest BCUT2D eigenvalue weighted by Gasteiger charge is -2.46. The Morgan fingerprint density at radius 1 is 1.44 bits per heavy atom. The average Bonchev–Trinajstić information content (AvgIpc) is 2.68. The molecule has 1 atom stereocenters. The standard InChI is InChI=1S/C13H25NO2/c1-2-7-13(15)10-14(11-13)8-3-5-12-6-4-9-16-12/h12,15H,2-11H2,1H3. The molecule has 2 saturated heterocycles. The molecule has 1 unspecified atom stereocenters. The van der Waals surface area contributed by atoms with Gasteiger partial charge >= 0.3 is 0 Å². The van der Waals surface area contributed by atoms with Gasteiger partial charge in [-0.1, -0.05) is 13.3 Å². The van der Waals surface area contributed by atoms with Gasteiger partial charge in [0.2, 0.25) is 0 Å². The van der Waals surface area contributed by atoms with Crippen molar-refractivity contribution in [2.45, 2.75) is 57.2 Å². The molecule has 3 heteroatoms. The lowest BCUT2D eigenvalue weighted by Crippen LogP contribution is -2.61. The molecule has 0 aliphatic carbocycles. The van der Waals surface area contributed by atoms with Crippen LogP contribution in [0.1, 0.15) is 45.4 Å². The molecule has 0 aromatic rings. The zero-order valence-corrected chi connectivity index (χ0v) is 10.5. The minimum atomic E-state index is -0.362. The van der Waals surface area contributed by atoms with E-state index in [4.69, 9.17) is 4.74 Å². The lowest BCUT2D eigenvalue weighted by molar-refractivity contribution is -0.103. The molecule has 16 heavy (non-hydrogen) atoms. The molecule has 0 amide bonds. The summed E-state index contributed by atoms with van der Waals surface area (Å²) in [5.74, 6) is 0. The van der Waals surface area contributed by atoms with Crippen molar-refractivity contribution < 1.29 is 9.84 Å². The first-order chi connectivity index (χ1) is 7.72. The molecule has 3 nitrogen and oxygen atoms in total. The van der Waals surface area contributed by atoms with Crippen molar-refractivity contribution in [2.24, 2.45) is 0 Å². The van der Waals surface area contributed by atoms with Gasteiger partial charge in [0.25, 0.3) is 0 Å². The number of likely N-dealkylation sites (tertiary alicyclic amines) is 1. The second-order valence-electron chi connectivity index (χ2n) is 5.46. The molecule has 0 aromatic carbocycles. The van der Waals surface area contributed by atoms with Crippen LogP contribution in [0.2, 0.25) is 0 Å². The molecule has 0 radical (unpaired) electrons. The Hall–Kier alpha value is -0.120. The van der Waals surface area contributed by atoms with Crippen LogP contribution in [0.3, 0.4) is 0 Å². The van der Waals surface area contributed by atoms with Crippen molar-refractivity contribution in [3.05, 3.63) is 0 Å². The number of nitrogens with zero attached hydrogens (tertiary/aromatic N) is 1. The van der Waals surface area contributed by atoms with E-state index < -0.39 is 0 Å². The first-order valence-electron chi connectivity index (χ1n) is 6.78. The van der Waals surface area contributed by atoms with E-state index in [1.807, 2.05) is 0 Å². The summed E-state index contributed by atoms with van der Waals surface area (Å²) >= 11 is 0. The number of ether oxygens (including phenoxy) is 1. The number of hydrogen-bond acceptors (Lipinski definition) is 3. The van der Waals surface area contributed by atoms with Crippen LogP contribution in [0, 0.1) is 0 Å². The first-order valence-corrected chi connectivity index (χ1v) is 6.78. The SMILES string of the molecule is CCCC1(O)CN(CCCC2CCCO2)C1. The zero-order chi connectivity index (χ0) is 11.4. The van der Waals surface area contributed by atoms with Crippen LogP contribution < -0.4 is 0 Å². The quantitative estimate of drug-likeness (QED) is 0.751. The van der Waals surface area contributed by atoms with E-state index in [1.165, 1.54) is 25.7 Å². The fourth-order valence-electron chi connectivity index (χ4n) is 2.98. The maximum absolute atomic E-state index is 10.0.